The quantitative estimate of drug-likeness (QED) is 0.746. The highest BCUT2D eigenvalue weighted by atomic mass is 35.5. The minimum Gasteiger partial charge on any atom is -0.344 e. The summed E-state index contributed by atoms with van der Waals surface area (Å²) in [6, 6.07) is 3.73. The fourth-order valence-corrected chi connectivity index (χ4v) is 1.91. The van der Waals surface area contributed by atoms with Gasteiger partial charge in [0.15, 0.2) is 0 Å². The molecule has 0 aliphatic carbocycles. The van der Waals surface area contributed by atoms with Crippen LogP contribution in [0.3, 0.4) is 0 Å². The van der Waals surface area contributed by atoms with Crippen molar-refractivity contribution in [3.63, 3.8) is 0 Å². The summed E-state index contributed by atoms with van der Waals surface area (Å²) in [7, 11) is 0. The van der Waals surface area contributed by atoms with Crippen molar-refractivity contribution in [2.24, 2.45) is 0 Å². The zero-order valence-corrected chi connectivity index (χ0v) is 10.1. The van der Waals surface area contributed by atoms with Crippen molar-refractivity contribution >= 4 is 22.5 Å². The molecule has 0 aliphatic rings. The second-order valence-electron chi connectivity index (χ2n) is 4.25. The SMILES string of the molecule is CCC(C)(F)Cn1ccc2c(Cl)nccc21. The van der Waals surface area contributed by atoms with E-state index in [4.69, 9.17) is 11.6 Å². The lowest BCUT2D eigenvalue weighted by molar-refractivity contribution is 0.157. The van der Waals surface area contributed by atoms with Gasteiger partial charge in [-0.25, -0.2) is 9.37 Å². The normalized spacial score (nSPS) is 15.2. The Morgan fingerprint density at radius 2 is 2.25 bits per heavy atom. The molecule has 2 nitrogen and oxygen atoms in total. The number of fused-ring (bicyclic) bond motifs is 1. The number of pyridine rings is 1. The van der Waals surface area contributed by atoms with Crippen molar-refractivity contribution in [2.75, 3.05) is 0 Å². The standard InChI is InChI=1S/C12H14ClFN2/c1-3-12(2,14)8-16-7-5-9-10(16)4-6-15-11(9)13/h4-7H,3,8H2,1-2H3. The molecule has 0 bridgehead atoms. The monoisotopic (exact) mass is 240 g/mol. The highest BCUT2D eigenvalue weighted by Gasteiger charge is 2.21. The lowest BCUT2D eigenvalue weighted by Crippen LogP contribution is -2.23. The molecule has 0 radical (unpaired) electrons. The number of hydrogen-bond donors (Lipinski definition) is 0. The van der Waals surface area contributed by atoms with Gasteiger partial charge < -0.3 is 4.57 Å². The third kappa shape index (κ3) is 2.05. The second-order valence-corrected chi connectivity index (χ2v) is 4.60. The average Bonchev–Trinajstić information content (AvgIpc) is 2.63. The summed E-state index contributed by atoms with van der Waals surface area (Å²) in [4.78, 5) is 4.00. The summed E-state index contributed by atoms with van der Waals surface area (Å²) in [6.45, 7) is 3.80. The Morgan fingerprint density at radius 1 is 1.50 bits per heavy atom. The summed E-state index contributed by atoms with van der Waals surface area (Å²) in [6.07, 6.45) is 3.99. The zero-order chi connectivity index (χ0) is 11.8. The predicted molar refractivity (Wildman–Crippen MR) is 64.5 cm³/mol. The van der Waals surface area contributed by atoms with Gasteiger partial charge in [-0.05, 0) is 25.5 Å². The van der Waals surface area contributed by atoms with Crippen LogP contribution in [0, 0.1) is 0 Å². The smallest absolute Gasteiger partial charge is 0.138 e. The molecule has 2 rings (SSSR count). The van der Waals surface area contributed by atoms with Crippen molar-refractivity contribution in [1.29, 1.82) is 0 Å². The summed E-state index contributed by atoms with van der Waals surface area (Å²) in [5, 5.41) is 1.34. The molecule has 0 spiro atoms. The van der Waals surface area contributed by atoms with Gasteiger partial charge in [0.05, 0.1) is 12.1 Å². The lowest BCUT2D eigenvalue weighted by Gasteiger charge is -2.19. The van der Waals surface area contributed by atoms with Gasteiger partial charge in [-0.1, -0.05) is 18.5 Å². The van der Waals surface area contributed by atoms with Crippen LogP contribution in [-0.4, -0.2) is 15.2 Å². The molecule has 0 fully saturated rings. The Labute approximate surface area is 99.0 Å². The summed E-state index contributed by atoms with van der Waals surface area (Å²) >= 11 is 5.96. The molecule has 2 aromatic heterocycles. The predicted octanol–water partition coefficient (Wildman–Crippen LogP) is 3.83. The Morgan fingerprint density at radius 3 is 2.94 bits per heavy atom. The fraction of sp³-hybridized carbons (Fsp3) is 0.417. The van der Waals surface area contributed by atoms with Crippen LogP contribution < -0.4 is 0 Å². The molecule has 2 heterocycles. The molecule has 0 N–H and O–H groups in total. The maximum atomic E-state index is 13.9. The maximum absolute atomic E-state index is 13.9. The Hall–Kier alpha value is -1.09. The number of alkyl halides is 1. The van der Waals surface area contributed by atoms with Crippen molar-refractivity contribution < 1.29 is 4.39 Å². The van der Waals surface area contributed by atoms with Crippen molar-refractivity contribution in [2.45, 2.75) is 32.5 Å². The topological polar surface area (TPSA) is 17.8 Å². The molecule has 86 valence electrons. The summed E-state index contributed by atoms with van der Waals surface area (Å²) in [5.74, 6) is 0. The van der Waals surface area contributed by atoms with Gasteiger partial charge in [0.1, 0.15) is 10.8 Å². The number of nitrogens with zero attached hydrogens (tertiary/aromatic N) is 2. The minimum absolute atomic E-state index is 0.341. The molecule has 1 unspecified atom stereocenters. The molecule has 4 heteroatoms. The number of rotatable bonds is 3. The van der Waals surface area contributed by atoms with Gasteiger partial charge in [0, 0.05) is 17.8 Å². The van der Waals surface area contributed by atoms with E-state index in [1.165, 1.54) is 0 Å². The van der Waals surface area contributed by atoms with Crippen molar-refractivity contribution in [1.82, 2.24) is 9.55 Å². The number of aromatic nitrogens is 2. The van der Waals surface area contributed by atoms with E-state index in [0.717, 1.165) is 10.9 Å². The van der Waals surface area contributed by atoms with Gasteiger partial charge >= 0.3 is 0 Å². The van der Waals surface area contributed by atoms with Crippen LogP contribution in [-0.2, 0) is 6.54 Å². The first-order valence-corrected chi connectivity index (χ1v) is 5.69. The minimum atomic E-state index is -1.19. The van der Waals surface area contributed by atoms with Crippen LogP contribution in [0.4, 0.5) is 4.39 Å². The maximum Gasteiger partial charge on any atom is 0.138 e. The van der Waals surface area contributed by atoms with Crippen LogP contribution in [0.15, 0.2) is 24.5 Å². The van der Waals surface area contributed by atoms with Crippen LogP contribution in [0.2, 0.25) is 5.15 Å². The third-order valence-electron chi connectivity index (χ3n) is 2.89. The Bertz CT molecular complexity index is 505. The molecular weight excluding hydrogens is 227 g/mol. The van der Waals surface area contributed by atoms with Gasteiger partial charge in [-0.2, -0.15) is 0 Å². The molecule has 0 saturated heterocycles. The first kappa shape index (κ1) is 11.4. The first-order chi connectivity index (χ1) is 7.53. The molecule has 0 aliphatic heterocycles. The zero-order valence-electron chi connectivity index (χ0n) is 9.37. The molecule has 0 aromatic carbocycles. The van der Waals surface area contributed by atoms with E-state index in [9.17, 15) is 4.39 Å². The molecular formula is C12H14ClFN2. The van der Waals surface area contributed by atoms with E-state index in [-0.39, 0.29) is 0 Å². The Balaban J connectivity index is 2.43. The summed E-state index contributed by atoms with van der Waals surface area (Å²) in [5.41, 5.74) is -0.265. The van der Waals surface area contributed by atoms with E-state index in [1.807, 2.05) is 29.8 Å². The van der Waals surface area contributed by atoms with Gasteiger partial charge in [-0.3, -0.25) is 0 Å². The lowest BCUT2D eigenvalue weighted by atomic mass is 10.1. The number of halogens is 2. The van der Waals surface area contributed by atoms with Crippen LogP contribution >= 0.6 is 11.6 Å². The van der Waals surface area contributed by atoms with Crippen LogP contribution in [0.25, 0.3) is 10.9 Å². The summed E-state index contributed by atoms with van der Waals surface area (Å²) < 4.78 is 15.8. The highest BCUT2D eigenvalue weighted by Crippen LogP contribution is 2.25. The highest BCUT2D eigenvalue weighted by molar-refractivity contribution is 6.34. The number of hydrogen-bond acceptors (Lipinski definition) is 1. The molecule has 0 amide bonds. The third-order valence-corrected chi connectivity index (χ3v) is 3.19. The Kier molecular flexibility index (Phi) is 2.89. The van der Waals surface area contributed by atoms with E-state index < -0.39 is 5.67 Å². The molecule has 1 atom stereocenters. The first-order valence-electron chi connectivity index (χ1n) is 5.32. The van der Waals surface area contributed by atoms with E-state index in [2.05, 4.69) is 4.98 Å². The fourth-order valence-electron chi connectivity index (χ4n) is 1.69. The average molecular weight is 241 g/mol. The molecule has 16 heavy (non-hydrogen) atoms. The van der Waals surface area contributed by atoms with Crippen molar-refractivity contribution in [3.05, 3.63) is 29.7 Å². The van der Waals surface area contributed by atoms with Crippen LogP contribution in [0.1, 0.15) is 20.3 Å². The van der Waals surface area contributed by atoms with E-state index in [0.29, 0.717) is 18.1 Å². The van der Waals surface area contributed by atoms with E-state index in [1.54, 1.807) is 13.1 Å². The van der Waals surface area contributed by atoms with Gasteiger partial charge in [0.25, 0.3) is 0 Å². The van der Waals surface area contributed by atoms with Gasteiger partial charge in [0.2, 0.25) is 0 Å². The largest absolute Gasteiger partial charge is 0.344 e. The van der Waals surface area contributed by atoms with Gasteiger partial charge in [-0.15, -0.1) is 0 Å². The van der Waals surface area contributed by atoms with Crippen LogP contribution in [0.5, 0.6) is 0 Å². The molecule has 2 aromatic rings. The van der Waals surface area contributed by atoms with E-state index >= 15 is 0 Å². The van der Waals surface area contributed by atoms with Crippen molar-refractivity contribution in [3.8, 4) is 0 Å². The molecule has 0 saturated carbocycles. The second kappa shape index (κ2) is 4.06.